The summed E-state index contributed by atoms with van der Waals surface area (Å²) in [5.41, 5.74) is 0.273. The summed E-state index contributed by atoms with van der Waals surface area (Å²) < 4.78 is 39.6. The minimum atomic E-state index is -1.34. The molecule has 1 aliphatic heterocycles. The average Bonchev–Trinajstić information content (AvgIpc) is 3.27. The fourth-order valence-electron chi connectivity index (χ4n) is 3.50. The molecule has 0 bridgehead atoms. The van der Waals surface area contributed by atoms with Gasteiger partial charge in [-0.2, -0.15) is 0 Å². The van der Waals surface area contributed by atoms with E-state index in [-0.39, 0.29) is 24.5 Å². The van der Waals surface area contributed by atoms with E-state index in [1.165, 1.54) is 26.2 Å². The van der Waals surface area contributed by atoms with Crippen molar-refractivity contribution in [1.82, 2.24) is 15.3 Å². The molecule has 1 aliphatic rings. The molecule has 2 aromatic carbocycles. The number of rotatable bonds is 8. The van der Waals surface area contributed by atoms with Crippen LogP contribution >= 0.6 is 0 Å². The molecule has 0 aliphatic carbocycles. The predicted octanol–water partition coefficient (Wildman–Crippen LogP) is 4.94. The molecular formula is C24H27F2N5O3. The van der Waals surface area contributed by atoms with Crippen molar-refractivity contribution in [2.24, 2.45) is 0 Å². The van der Waals surface area contributed by atoms with Gasteiger partial charge in [0, 0.05) is 36.5 Å². The van der Waals surface area contributed by atoms with Crippen molar-refractivity contribution in [1.29, 1.82) is 0 Å². The van der Waals surface area contributed by atoms with Crippen LogP contribution in [-0.4, -0.2) is 47.5 Å². The largest absolute Gasteiger partial charge is 0.488 e. The van der Waals surface area contributed by atoms with E-state index in [1.54, 1.807) is 30.3 Å². The van der Waals surface area contributed by atoms with Crippen LogP contribution in [0.4, 0.5) is 30.8 Å². The fraction of sp³-hybridized carbons (Fsp3) is 0.375. The second-order valence-electron chi connectivity index (χ2n) is 8.68. The molecule has 1 saturated heterocycles. The SMILES string of the molecule is CC(C)(F)CCNC(=O)Nc1ccc(Nc2ncnc3cc(O[C@@H]4CCOC4)cc(F)c23)cc1. The Morgan fingerprint density at radius 3 is 2.68 bits per heavy atom. The molecule has 180 valence electrons. The van der Waals surface area contributed by atoms with Gasteiger partial charge < -0.3 is 25.4 Å². The van der Waals surface area contributed by atoms with Gasteiger partial charge in [-0.3, -0.25) is 0 Å². The number of carbonyl (C=O) groups excluding carboxylic acids is 1. The van der Waals surface area contributed by atoms with Crippen molar-refractivity contribution in [2.75, 3.05) is 30.4 Å². The quantitative estimate of drug-likeness (QED) is 0.431. The molecule has 1 atom stereocenters. The number of alkyl halides is 1. The second kappa shape index (κ2) is 10.2. The Labute approximate surface area is 196 Å². The fourth-order valence-corrected chi connectivity index (χ4v) is 3.50. The normalized spacial score (nSPS) is 15.8. The summed E-state index contributed by atoms with van der Waals surface area (Å²) in [6.45, 7) is 4.27. The molecule has 10 heteroatoms. The Kier molecular flexibility index (Phi) is 7.06. The van der Waals surface area contributed by atoms with Crippen molar-refractivity contribution in [3.63, 3.8) is 0 Å². The van der Waals surface area contributed by atoms with E-state index >= 15 is 0 Å². The van der Waals surface area contributed by atoms with Gasteiger partial charge in [0.15, 0.2) is 0 Å². The molecule has 4 rings (SSSR count). The zero-order valence-electron chi connectivity index (χ0n) is 19.0. The van der Waals surface area contributed by atoms with Gasteiger partial charge in [-0.15, -0.1) is 0 Å². The van der Waals surface area contributed by atoms with Crippen LogP contribution < -0.4 is 20.7 Å². The number of aromatic nitrogens is 2. The number of anilines is 3. The third-order valence-electron chi connectivity index (χ3n) is 5.26. The molecule has 1 aromatic heterocycles. The number of amides is 2. The van der Waals surface area contributed by atoms with Crippen LogP contribution in [0.15, 0.2) is 42.7 Å². The van der Waals surface area contributed by atoms with Crippen LogP contribution in [0.1, 0.15) is 26.7 Å². The number of hydrogen-bond acceptors (Lipinski definition) is 6. The molecule has 0 spiro atoms. The van der Waals surface area contributed by atoms with Crippen molar-refractivity contribution >= 4 is 34.1 Å². The van der Waals surface area contributed by atoms with Gasteiger partial charge in [0.2, 0.25) is 0 Å². The van der Waals surface area contributed by atoms with E-state index in [0.29, 0.717) is 41.7 Å². The predicted molar refractivity (Wildman–Crippen MR) is 126 cm³/mol. The van der Waals surface area contributed by atoms with Crippen molar-refractivity contribution in [3.05, 3.63) is 48.5 Å². The van der Waals surface area contributed by atoms with E-state index in [1.807, 2.05) is 0 Å². The lowest BCUT2D eigenvalue weighted by atomic mass is 10.1. The monoisotopic (exact) mass is 471 g/mol. The van der Waals surface area contributed by atoms with E-state index in [4.69, 9.17) is 9.47 Å². The zero-order chi connectivity index (χ0) is 24.1. The van der Waals surface area contributed by atoms with Gasteiger partial charge in [0.05, 0.1) is 24.1 Å². The number of nitrogens with zero attached hydrogens (tertiary/aromatic N) is 2. The molecule has 8 nitrogen and oxygen atoms in total. The van der Waals surface area contributed by atoms with E-state index < -0.39 is 17.5 Å². The van der Waals surface area contributed by atoms with Gasteiger partial charge in [0.1, 0.15) is 35.5 Å². The third kappa shape index (κ3) is 6.28. The Bertz CT molecular complexity index is 1150. The molecule has 1 fully saturated rings. The van der Waals surface area contributed by atoms with Crippen LogP contribution in [0.3, 0.4) is 0 Å². The van der Waals surface area contributed by atoms with Crippen LogP contribution in [0.25, 0.3) is 10.9 Å². The van der Waals surface area contributed by atoms with Crippen LogP contribution in [0.2, 0.25) is 0 Å². The summed E-state index contributed by atoms with van der Waals surface area (Å²) in [7, 11) is 0. The molecular weight excluding hydrogens is 444 g/mol. The highest BCUT2D eigenvalue weighted by molar-refractivity contribution is 5.92. The Morgan fingerprint density at radius 1 is 1.21 bits per heavy atom. The third-order valence-corrected chi connectivity index (χ3v) is 5.26. The van der Waals surface area contributed by atoms with Crippen LogP contribution in [0, 0.1) is 5.82 Å². The minimum absolute atomic E-state index is 0.0963. The van der Waals surface area contributed by atoms with E-state index in [2.05, 4.69) is 25.9 Å². The molecule has 0 unspecified atom stereocenters. The summed E-state index contributed by atoms with van der Waals surface area (Å²) >= 11 is 0. The highest BCUT2D eigenvalue weighted by Gasteiger charge is 2.19. The molecule has 2 heterocycles. The van der Waals surface area contributed by atoms with Gasteiger partial charge in [-0.25, -0.2) is 23.5 Å². The summed E-state index contributed by atoms with van der Waals surface area (Å²) in [6, 6.07) is 9.42. The highest BCUT2D eigenvalue weighted by atomic mass is 19.1. The number of fused-ring (bicyclic) bond motifs is 1. The first-order chi connectivity index (χ1) is 16.3. The van der Waals surface area contributed by atoms with Crippen LogP contribution in [-0.2, 0) is 4.74 Å². The van der Waals surface area contributed by atoms with Crippen molar-refractivity contribution in [2.45, 2.75) is 38.5 Å². The zero-order valence-corrected chi connectivity index (χ0v) is 19.0. The maximum absolute atomic E-state index is 15.0. The number of urea groups is 1. The number of ether oxygens (including phenoxy) is 2. The lowest BCUT2D eigenvalue weighted by Gasteiger charge is -2.15. The summed E-state index contributed by atoms with van der Waals surface area (Å²) in [5, 5.41) is 8.63. The Balaban J connectivity index is 1.41. The van der Waals surface area contributed by atoms with Crippen LogP contribution in [0.5, 0.6) is 5.75 Å². The lowest BCUT2D eigenvalue weighted by Crippen LogP contribution is -2.32. The van der Waals surface area contributed by atoms with Gasteiger partial charge in [-0.05, 0) is 44.5 Å². The van der Waals surface area contributed by atoms with Gasteiger partial charge >= 0.3 is 6.03 Å². The van der Waals surface area contributed by atoms with Crippen molar-refractivity contribution < 1.29 is 23.0 Å². The first kappa shape index (κ1) is 23.6. The van der Waals surface area contributed by atoms with Gasteiger partial charge in [0.25, 0.3) is 0 Å². The number of benzene rings is 2. The first-order valence-corrected chi connectivity index (χ1v) is 11.1. The number of carbonyl (C=O) groups is 1. The molecule has 0 radical (unpaired) electrons. The Hall–Kier alpha value is -3.53. The second-order valence-corrected chi connectivity index (χ2v) is 8.68. The number of nitrogens with one attached hydrogen (secondary N) is 3. The summed E-state index contributed by atoms with van der Waals surface area (Å²) in [5.74, 6) is 0.209. The molecule has 3 N–H and O–H groups in total. The molecule has 34 heavy (non-hydrogen) atoms. The minimum Gasteiger partial charge on any atom is -0.488 e. The van der Waals surface area contributed by atoms with E-state index in [9.17, 15) is 13.6 Å². The maximum atomic E-state index is 15.0. The number of halogens is 2. The highest BCUT2D eigenvalue weighted by Crippen LogP contribution is 2.30. The van der Waals surface area contributed by atoms with Gasteiger partial charge in [-0.1, -0.05) is 0 Å². The molecule has 2 amide bonds. The average molecular weight is 472 g/mol. The van der Waals surface area contributed by atoms with Crippen molar-refractivity contribution in [3.8, 4) is 5.75 Å². The summed E-state index contributed by atoms with van der Waals surface area (Å²) in [6.07, 6.45) is 2.24. The molecule has 0 saturated carbocycles. The maximum Gasteiger partial charge on any atom is 0.319 e. The van der Waals surface area contributed by atoms with E-state index in [0.717, 1.165) is 6.42 Å². The Morgan fingerprint density at radius 2 is 1.97 bits per heavy atom. The smallest absolute Gasteiger partial charge is 0.319 e. The first-order valence-electron chi connectivity index (χ1n) is 11.1. The molecule has 3 aromatic rings. The number of hydrogen-bond donors (Lipinski definition) is 3. The lowest BCUT2D eigenvalue weighted by molar-refractivity contribution is 0.141. The standard InChI is InChI=1S/C24H27F2N5O3/c1-24(2,26)8-9-27-23(32)31-16-5-3-15(4-6-16)30-22-21-19(25)11-18(12-20(21)28-14-29-22)34-17-7-10-33-13-17/h3-6,11-12,14,17H,7-10,13H2,1-2H3,(H2,27,31,32)(H,28,29,30)/t17-/m1/s1. The topological polar surface area (TPSA) is 97.4 Å². The summed E-state index contributed by atoms with van der Waals surface area (Å²) in [4.78, 5) is 20.3.